The number of aromatic nitrogens is 5. The maximum Gasteiger partial charge on any atom is 0.405 e. The van der Waals surface area contributed by atoms with Crippen molar-refractivity contribution in [3.8, 4) is 11.4 Å². The zero-order valence-corrected chi connectivity index (χ0v) is 14.9. The number of carbonyl (C=O) groups excluding carboxylic acids is 1. The normalized spacial score (nSPS) is 17.1. The number of alkyl halides is 3. The Labute approximate surface area is 161 Å². The quantitative estimate of drug-likeness (QED) is 0.641. The molecule has 0 unspecified atom stereocenters. The number of aromatic amines is 1. The molecular weight excluding hydrogens is 394 g/mol. The third kappa shape index (κ3) is 3.82. The Morgan fingerprint density at radius 3 is 2.93 bits per heavy atom. The summed E-state index contributed by atoms with van der Waals surface area (Å²) in [5.74, 6) is -1.53. The van der Waals surface area contributed by atoms with E-state index in [2.05, 4.69) is 24.9 Å². The van der Waals surface area contributed by atoms with E-state index in [4.69, 9.17) is 0 Å². The van der Waals surface area contributed by atoms with E-state index in [0.29, 0.717) is 29.4 Å². The molecule has 1 amide bonds. The molecule has 1 aliphatic rings. The number of amides is 1. The predicted molar refractivity (Wildman–Crippen MR) is 94.3 cm³/mol. The van der Waals surface area contributed by atoms with Gasteiger partial charge in [0.1, 0.15) is 24.6 Å². The van der Waals surface area contributed by atoms with E-state index in [1.54, 1.807) is 12.4 Å². The summed E-state index contributed by atoms with van der Waals surface area (Å²) in [5, 5.41) is 2.49. The lowest BCUT2D eigenvalue weighted by molar-refractivity contribution is -0.139. The summed E-state index contributed by atoms with van der Waals surface area (Å²) in [4.78, 5) is 32.8. The van der Waals surface area contributed by atoms with Crippen LogP contribution >= 0.6 is 0 Å². The molecule has 0 bridgehead atoms. The molecule has 1 atom stereocenters. The van der Waals surface area contributed by atoms with Gasteiger partial charge in [-0.2, -0.15) is 13.2 Å². The first kappa shape index (κ1) is 19.0. The van der Waals surface area contributed by atoms with Crippen molar-refractivity contribution < 1.29 is 22.4 Å². The van der Waals surface area contributed by atoms with Gasteiger partial charge in [0.25, 0.3) is 0 Å². The molecule has 8 nitrogen and oxygen atoms in total. The number of hydrogen-bond donors (Lipinski definition) is 2. The number of anilines is 1. The minimum absolute atomic E-state index is 0.133. The van der Waals surface area contributed by atoms with Gasteiger partial charge in [0, 0.05) is 29.9 Å². The SMILES string of the molecule is O=C(NCC(F)(F)F)[C@@H]1CCCN1c1nc(-c2c[nH]c3ncncc23)ncc1F. The highest BCUT2D eigenvalue weighted by Crippen LogP contribution is 2.30. The van der Waals surface area contributed by atoms with Crippen LogP contribution in [0.5, 0.6) is 0 Å². The lowest BCUT2D eigenvalue weighted by atomic mass is 10.2. The highest BCUT2D eigenvalue weighted by molar-refractivity contribution is 5.91. The first-order valence-corrected chi connectivity index (χ1v) is 8.74. The highest BCUT2D eigenvalue weighted by atomic mass is 19.4. The maximum absolute atomic E-state index is 14.5. The van der Waals surface area contributed by atoms with Gasteiger partial charge < -0.3 is 15.2 Å². The van der Waals surface area contributed by atoms with E-state index in [1.807, 2.05) is 5.32 Å². The summed E-state index contributed by atoms with van der Waals surface area (Å²) in [6.45, 7) is -1.16. The Balaban J connectivity index is 1.64. The zero-order chi connectivity index (χ0) is 20.6. The van der Waals surface area contributed by atoms with Crippen LogP contribution in [0.2, 0.25) is 0 Å². The van der Waals surface area contributed by atoms with Crippen LogP contribution in [0.1, 0.15) is 12.8 Å². The van der Waals surface area contributed by atoms with Gasteiger partial charge in [-0.1, -0.05) is 0 Å². The van der Waals surface area contributed by atoms with Gasteiger partial charge in [-0.05, 0) is 12.8 Å². The van der Waals surface area contributed by atoms with Crippen molar-refractivity contribution in [1.29, 1.82) is 0 Å². The van der Waals surface area contributed by atoms with Gasteiger partial charge in [0.15, 0.2) is 17.5 Å². The molecule has 4 heterocycles. The lowest BCUT2D eigenvalue weighted by Crippen LogP contribution is -2.46. The first-order valence-electron chi connectivity index (χ1n) is 8.74. The molecule has 3 aromatic rings. The summed E-state index contributed by atoms with van der Waals surface area (Å²) < 4.78 is 51.7. The molecule has 0 aromatic carbocycles. The largest absolute Gasteiger partial charge is 0.405 e. The molecule has 1 fully saturated rings. The second kappa shape index (κ2) is 7.26. The Morgan fingerprint density at radius 2 is 2.14 bits per heavy atom. The molecule has 2 N–H and O–H groups in total. The molecule has 0 radical (unpaired) electrons. The van der Waals surface area contributed by atoms with Crippen LogP contribution in [0.4, 0.5) is 23.4 Å². The van der Waals surface area contributed by atoms with Crippen LogP contribution < -0.4 is 10.2 Å². The number of nitrogens with zero attached hydrogens (tertiary/aromatic N) is 5. The van der Waals surface area contributed by atoms with Gasteiger partial charge in [-0.15, -0.1) is 0 Å². The molecule has 1 aliphatic heterocycles. The molecule has 0 saturated carbocycles. The summed E-state index contributed by atoms with van der Waals surface area (Å²) in [6.07, 6.45) is 1.80. The molecule has 29 heavy (non-hydrogen) atoms. The number of fused-ring (bicyclic) bond motifs is 1. The Morgan fingerprint density at radius 1 is 1.31 bits per heavy atom. The Hall–Kier alpha value is -3.31. The van der Waals surface area contributed by atoms with Crippen LogP contribution in [-0.4, -0.2) is 56.1 Å². The number of rotatable bonds is 4. The molecule has 12 heteroatoms. The number of nitrogens with one attached hydrogen (secondary N) is 2. The van der Waals surface area contributed by atoms with Crippen molar-refractivity contribution in [3.63, 3.8) is 0 Å². The molecule has 0 spiro atoms. The number of carbonyl (C=O) groups is 1. The second-order valence-corrected chi connectivity index (χ2v) is 6.54. The fourth-order valence-electron chi connectivity index (χ4n) is 3.33. The fourth-order valence-corrected chi connectivity index (χ4v) is 3.33. The number of hydrogen-bond acceptors (Lipinski definition) is 6. The van der Waals surface area contributed by atoms with E-state index < -0.39 is 30.5 Å². The average Bonchev–Trinajstić information content (AvgIpc) is 3.33. The Bertz CT molecular complexity index is 1050. The van der Waals surface area contributed by atoms with E-state index in [9.17, 15) is 22.4 Å². The van der Waals surface area contributed by atoms with E-state index in [0.717, 1.165) is 6.20 Å². The van der Waals surface area contributed by atoms with E-state index in [-0.39, 0.29) is 18.2 Å². The van der Waals surface area contributed by atoms with Crippen LogP contribution in [0.15, 0.2) is 24.9 Å². The molecule has 152 valence electrons. The minimum atomic E-state index is -4.52. The summed E-state index contributed by atoms with van der Waals surface area (Å²) in [5.41, 5.74) is 1.09. The topological polar surface area (TPSA) is 99.7 Å². The summed E-state index contributed by atoms with van der Waals surface area (Å²) >= 11 is 0. The van der Waals surface area contributed by atoms with Gasteiger partial charge in [-0.25, -0.2) is 24.3 Å². The van der Waals surface area contributed by atoms with Crippen LogP contribution in [-0.2, 0) is 4.79 Å². The molecule has 4 rings (SSSR count). The van der Waals surface area contributed by atoms with Crippen molar-refractivity contribution >= 4 is 22.8 Å². The van der Waals surface area contributed by atoms with Gasteiger partial charge in [0.2, 0.25) is 5.91 Å². The molecule has 0 aliphatic carbocycles. The maximum atomic E-state index is 14.5. The summed E-state index contributed by atoms with van der Waals surface area (Å²) in [7, 11) is 0. The van der Waals surface area contributed by atoms with E-state index >= 15 is 0 Å². The Kier molecular flexibility index (Phi) is 4.76. The molecule has 3 aromatic heterocycles. The first-order chi connectivity index (χ1) is 13.8. The van der Waals surface area contributed by atoms with Crippen molar-refractivity contribution in [2.45, 2.75) is 25.1 Å². The number of halogens is 4. The third-order valence-electron chi connectivity index (χ3n) is 4.61. The van der Waals surface area contributed by atoms with Gasteiger partial charge >= 0.3 is 6.18 Å². The van der Waals surface area contributed by atoms with Crippen molar-refractivity contribution in [3.05, 3.63) is 30.7 Å². The zero-order valence-electron chi connectivity index (χ0n) is 14.9. The van der Waals surface area contributed by atoms with Crippen molar-refractivity contribution in [1.82, 2.24) is 30.2 Å². The van der Waals surface area contributed by atoms with Crippen molar-refractivity contribution in [2.75, 3.05) is 18.0 Å². The third-order valence-corrected chi connectivity index (χ3v) is 4.61. The second-order valence-electron chi connectivity index (χ2n) is 6.54. The molecule has 1 saturated heterocycles. The molecular formula is C17H15F4N7O. The predicted octanol–water partition coefficient (Wildman–Crippen LogP) is 2.20. The van der Waals surface area contributed by atoms with Gasteiger partial charge in [-0.3, -0.25) is 4.79 Å². The monoisotopic (exact) mass is 409 g/mol. The highest BCUT2D eigenvalue weighted by Gasteiger charge is 2.36. The van der Waals surface area contributed by atoms with Crippen molar-refractivity contribution in [2.24, 2.45) is 0 Å². The minimum Gasteiger partial charge on any atom is -0.345 e. The smallest absolute Gasteiger partial charge is 0.345 e. The van der Waals surface area contributed by atoms with Crippen LogP contribution in [0.3, 0.4) is 0 Å². The average molecular weight is 409 g/mol. The van der Waals surface area contributed by atoms with Crippen LogP contribution in [0.25, 0.3) is 22.4 Å². The summed E-state index contributed by atoms with van der Waals surface area (Å²) in [6, 6.07) is -0.944. The lowest BCUT2D eigenvalue weighted by Gasteiger charge is -2.25. The van der Waals surface area contributed by atoms with Gasteiger partial charge in [0.05, 0.1) is 6.20 Å². The van der Waals surface area contributed by atoms with E-state index in [1.165, 1.54) is 11.2 Å². The standard InChI is InChI=1S/C17H15F4N7O/c18-11-6-24-14(10-5-23-13-9(10)4-22-8-26-13)27-15(11)28-3-1-2-12(28)16(29)25-7-17(19,20)21/h4-6,8,12H,1-3,7H2,(H,25,29)(H,22,23,26)/t12-/m0/s1. The fraction of sp³-hybridized carbons (Fsp3) is 0.353. The van der Waals surface area contributed by atoms with Crippen LogP contribution in [0, 0.1) is 5.82 Å². The number of H-pyrrole nitrogens is 1.